The molecule has 1 fully saturated rings. The number of aromatic hydroxyl groups is 1. The maximum atomic E-state index is 13.1. The Bertz CT molecular complexity index is 327. The van der Waals surface area contributed by atoms with Crippen molar-refractivity contribution < 1.29 is 9.50 Å². The van der Waals surface area contributed by atoms with Crippen molar-refractivity contribution in [2.45, 2.75) is 18.9 Å². The van der Waals surface area contributed by atoms with Crippen LogP contribution in [0.3, 0.4) is 0 Å². The van der Waals surface area contributed by atoms with Crippen molar-refractivity contribution in [1.29, 1.82) is 0 Å². The van der Waals surface area contributed by atoms with E-state index in [2.05, 4.69) is 5.32 Å². The zero-order chi connectivity index (χ0) is 10.1. The topological polar surface area (TPSA) is 32.3 Å². The summed E-state index contributed by atoms with van der Waals surface area (Å²) in [6.07, 6.45) is 2.07. The van der Waals surface area contributed by atoms with Crippen LogP contribution in [-0.4, -0.2) is 11.7 Å². The molecule has 0 bridgehead atoms. The molecule has 0 spiro atoms. The molecular weight excluding hydrogens is 205 g/mol. The molecule has 2 nitrogen and oxygen atoms in total. The number of phenolic OH excluding ortho intramolecular Hbond substituents is 1. The summed E-state index contributed by atoms with van der Waals surface area (Å²) in [5.41, 5.74) is 0.808. The lowest BCUT2D eigenvalue weighted by molar-refractivity contribution is 0.431. The maximum Gasteiger partial charge on any atom is 0.170 e. The summed E-state index contributed by atoms with van der Waals surface area (Å²) in [6, 6.07) is 3.12. The van der Waals surface area contributed by atoms with Crippen LogP contribution in [0, 0.1) is 5.82 Å². The molecule has 2 rings (SSSR count). The van der Waals surface area contributed by atoms with E-state index >= 15 is 0 Å². The van der Waals surface area contributed by atoms with Gasteiger partial charge in [0.05, 0.1) is 5.02 Å². The number of rotatable bonds is 1. The summed E-state index contributed by atoms with van der Waals surface area (Å²) in [6.45, 7) is 0.949. The van der Waals surface area contributed by atoms with Crippen molar-refractivity contribution in [3.63, 3.8) is 0 Å². The van der Waals surface area contributed by atoms with Crippen molar-refractivity contribution in [3.8, 4) is 5.75 Å². The summed E-state index contributed by atoms with van der Waals surface area (Å²) < 4.78 is 13.1. The monoisotopic (exact) mass is 215 g/mol. The number of benzene rings is 1. The van der Waals surface area contributed by atoms with Gasteiger partial charge in [-0.25, -0.2) is 4.39 Å². The van der Waals surface area contributed by atoms with E-state index in [0.717, 1.165) is 24.9 Å². The highest BCUT2D eigenvalue weighted by molar-refractivity contribution is 6.32. The van der Waals surface area contributed by atoms with Gasteiger partial charge in [0.25, 0.3) is 0 Å². The highest BCUT2D eigenvalue weighted by atomic mass is 35.5. The number of phenols is 1. The first-order valence-electron chi connectivity index (χ1n) is 4.60. The lowest BCUT2D eigenvalue weighted by Gasteiger charge is -2.11. The third-order valence-electron chi connectivity index (χ3n) is 2.50. The van der Waals surface area contributed by atoms with Gasteiger partial charge in [-0.2, -0.15) is 0 Å². The SMILES string of the molecule is Oc1c(F)cc(C2CCCN2)cc1Cl. The minimum Gasteiger partial charge on any atom is -0.504 e. The molecule has 0 saturated carbocycles. The van der Waals surface area contributed by atoms with Crippen molar-refractivity contribution in [1.82, 2.24) is 5.32 Å². The molecule has 1 saturated heterocycles. The average Bonchev–Trinajstić information content (AvgIpc) is 2.66. The second-order valence-electron chi connectivity index (χ2n) is 3.48. The van der Waals surface area contributed by atoms with E-state index in [-0.39, 0.29) is 11.1 Å². The summed E-state index contributed by atoms with van der Waals surface area (Å²) in [4.78, 5) is 0. The van der Waals surface area contributed by atoms with E-state index in [1.165, 1.54) is 6.07 Å². The molecule has 1 unspecified atom stereocenters. The quantitative estimate of drug-likeness (QED) is 0.755. The van der Waals surface area contributed by atoms with Crippen molar-refractivity contribution in [2.75, 3.05) is 6.54 Å². The highest BCUT2D eigenvalue weighted by Crippen LogP contribution is 2.32. The molecule has 1 heterocycles. The predicted octanol–water partition coefficient (Wildman–Crippen LogP) is 2.61. The second kappa shape index (κ2) is 3.75. The van der Waals surface area contributed by atoms with Gasteiger partial charge in [-0.05, 0) is 37.1 Å². The molecule has 0 radical (unpaired) electrons. The second-order valence-corrected chi connectivity index (χ2v) is 3.89. The summed E-state index contributed by atoms with van der Waals surface area (Å²) in [5.74, 6) is -1.12. The molecule has 1 aliphatic rings. The van der Waals surface area contributed by atoms with Crippen LogP contribution < -0.4 is 5.32 Å². The molecule has 1 aliphatic heterocycles. The molecule has 2 N–H and O–H groups in total. The van der Waals surface area contributed by atoms with E-state index in [1.807, 2.05) is 0 Å². The molecule has 1 atom stereocenters. The van der Waals surface area contributed by atoms with E-state index in [1.54, 1.807) is 6.07 Å². The van der Waals surface area contributed by atoms with Crippen molar-refractivity contribution >= 4 is 11.6 Å². The lowest BCUT2D eigenvalue weighted by Crippen LogP contribution is -2.12. The van der Waals surface area contributed by atoms with Gasteiger partial charge in [-0.15, -0.1) is 0 Å². The summed E-state index contributed by atoms with van der Waals surface area (Å²) in [7, 11) is 0. The summed E-state index contributed by atoms with van der Waals surface area (Å²) >= 11 is 5.68. The largest absolute Gasteiger partial charge is 0.504 e. The molecule has 1 aromatic carbocycles. The number of hydrogen-bond acceptors (Lipinski definition) is 2. The number of halogens is 2. The molecule has 14 heavy (non-hydrogen) atoms. The Morgan fingerprint density at radius 3 is 2.86 bits per heavy atom. The Morgan fingerprint density at radius 2 is 2.29 bits per heavy atom. The fourth-order valence-corrected chi connectivity index (χ4v) is 1.97. The van der Waals surface area contributed by atoms with Gasteiger partial charge in [0.15, 0.2) is 11.6 Å². The van der Waals surface area contributed by atoms with Gasteiger partial charge < -0.3 is 10.4 Å². The van der Waals surface area contributed by atoms with Crippen LogP contribution in [-0.2, 0) is 0 Å². The van der Waals surface area contributed by atoms with Gasteiger partial charge in [0, 0.05) is 6.04 Å². The van der Waals surface area contributed by atoms with Gasteiger partial charge in [-0.1, -0.05) is 11.6 Å². The Kier molecular flexibility index (Phi) is 2.61. The van der Waals surface area contributed by atoms with Gasteiger partial charge in [0.2, 0.25) is 0 Å². The number of nitrogens with one attached hydrogen (secondary N) is 1. The molecule has 0 aromatic heterocycles. The molecule has 4 heteroatoms. The normalized spacial score (nSPS) is 21.4. The molecule has 0 amide bonds. The van der Waals surface area contributed by atoms with Crippen LogP contribution in [0.25, 0.3) is 0 Å². The smallest absolute Gasteiger partial charge is 0.170 e. The van der Waals surface area contributed by atoms with E-state index in [9.17, 15) is 4.39 Å². The fraction of sp³-hybridized carbons (Fsp3) is 0.400. The Hall–Kier alpha value is -0.800. The molecule has 1 aromatic rings. The van der Waals surface area contributed by atoms with Crippen molar-refractivity contribution in [3.05, 3.63) is 28.5 Å². The zero-order valence-corrected chi connectivity index (χ0v) is 8.31. The van der Waals surface area contributed by atoms with Crippen LogP contribution in [0.1, 0.15) is 24.4 Å². The molecule has 0 aliphatic carbocycles. The van der Waals surface area contributed by atoms with E-state index in [0.29, 0.717) is 0 Å². The maximum absolute atomic E-state index is 13.1. The Balaban J connectivity index is 2.34. The number of hydrogen-bond donors (Lipinski definition) is 2. The fourth-order valence-electron chi connectivity index (χ4n) is 1.76. The third-order valence-corrected chi connectivity index (χ3v) is 2.79. The summed E-state index contributed by atoms with van der Waals surface area (Å²) in [5, 5.41) is 12.5. The van der Waals surface area contributed by atoms with Gasteiger partial charge >= 0.3 is 0 Å². The zero-order valence-electron chi connectivity index (χ0n) is 7.56. The standard InChI is InChI=1S/C10H11ClFNO/c11-7-4-6(5-8(12)10(7)14)9-2-1-3-13-9/h4-5,9,13-14H,1-3H2. The van der Waals surface area contributed by atoms with Crippen LogP contribution in [0.4, 0.5) is 4.39 Å². The molecule has 76 valence electrons. The lowest BCUT2D eigenvalue weighted by atomic mass is 10.1. The van der Waals surface area contributed by atoms with Crippen molar-refractivity contribution in [2.24, 2.45) is 0 Å². The Labute approximate surface area is 86.7 Å². The first-order chi connectivity index (χ1) is 6.68. The van der Waals surface area contributed by atoms with Crippen LogP contribution in [0.15, 0.2) is 12.1 Å². The minimum atomic E-state index is -0.652. The van der Waals surface area contributed by atoms with Gasteiger partial charge in [0.1, 0.15) is 0 Å². The van der Waals surface area contributed by atoms with E-state index in [4.69, 9.17) is 16.7 Å². The minimum absolute atomic E-state index is 0.0775. The first-order valence-corrected chi connectivity index (χ1v) is 4.97. The highest BCUT2D eigenvalue weighted by Gasteiger charge is 2.18. The molecular formula is C10H11ClFNO. The Morgan fingerprint density at radius 1 is 1.50 bits per heavy atom. The predicted molar refractivity (Wildman–Crippen MR) is 53.1 cm³/mol. The van der Waals surface area contributed by atoms with E-state index < -0.39 is 11.6 Å². The van der Waals surface area contributed by atoms with Gasteiger partial charge in [-0.3, -0.25) is 0 Å². The first kappa shape index (κ1) is 9.74. The third kappa shape index (κ3) is 1.70. The van der Waals surface area contributed by atoms with Crippen LogP contribution >= 0.6 is 11.6 Å². The van der Waals surface area contributed by atoms with Crippen LogP contribution in [0.2, 0.25) is 5.02 Å². The average molecular weight is 216 g/mol. The van der Waals surface area contributed by atoms with Crippen LogP contribution in [0.5, 0.6) is 5.75 Å².